The summed E-state index contributed by atoms with van der Waals surface area (Å²) in [7, 11) is 0. The first-order valence-corrected chi connectivity index (χ1v) is 9.67. The Bertz CT molecular complexity index is 1010. The van der Waals surface area contributed by atoms with Crippen molar-refractivity contribution in [1.82, 2.24) is 9.78 Å². The molecule has 0 atom stereocenters. The molecule has 28 heavy (non-hydrogen) atoms. The number of ether oxygens (including phenoxy) is 1. The fourth-order valence-corrected chi connectivity index (χ4v) is 3.28. The minimum atomic E-state index is -0.232. The number of carbonyl (C=O) groups excluding carboxylic acids is 1. The fraction of sp³-hybridized carbons (Fsp3) is 0.238. The summed E-state index contributed by atoms with van der Waals surface area (Å²) in [5.41, 5.74) is 3.74. The summed E-state index contributed by atoms with van der Waals surface area (Å²) in [6, 6.07) is 12.7. The zero-order chi connectivity index (χ0) is 20.3. The van der Waals surface area contributed by atoms with Gasteiger partial charge in [-0.3, -0.25) is 9.48 Å². The van der Waals surface area contributed by atoms with Gasteiger partial charge in [-0.25, -0.2) is 0 Å². The Morgan fingerprint density at radius 1 is 1.14 bits per heavy atom. The van der Waals surface area contributed by atoms with E-state index in [2.05, 4.69) is 10.4 Å². The normalized spacial score (nSPS) is 10.8. The van der Waals surface area contributed by atoms with Crippen molar-refractivity contribution in [2.45, 2.75) is 27.3 Å². The number of nitrogens with zero attached hydrogens (tertiary/aromatic N) is 2. The first-order chi connectivity index (χ1) is 13.4. The SMILES string of the molecule is CCOc1ccccc1C(=O)Nc1c(C)nn(Cc2ccc(Cl)c(Cl)c2)c1C. The molecule has 0 saturated carbocycles. The third kappa shape index (κ3) is 4.32. The number of halogens is 2. The van der Waals surface area contributed by atoms with Gasteiger partial charge in [-0.2, -0.15) is 5.10 Å². The lowest BCUT2D eigenvalue weighted by Gasteiger charge is -2.11. The molecule has 3 rings (SSSR count). The second-order valence-electron chi connectivity index (χ2n) is 6.34. The summed E-state index contributed by atoms with van der Waals surface area (Å²) in [5, 5.41) is 8.54. The van der Waals surface area contributed by atoms with Crippen LogP contribution in [0, 0.1) is 13.8 Å². The van der Waals surface area contributed by atoms with E-state index in [0.29, 0.717) is 40.2 Å². The van der Waals surface area contributed by atoms with Crippen molar-refractivity contribution < 1.29 is 9.53 Å². The largest absolute Gasteiger partial charge is 0.493 e. The molecule has 3 aromatic rings. The average molecular weight is 418 g/mol. The lowest BCUT2D eigenvalue weighted by Crippen LogP contribution is -2.15. The summed E-state index contributed by atoms with van der Waals surface area (Å²) in [6.45, 7) is 6.68. The molecule has 0 aliphatic rings. The third-order valence-electron chi connectivity index (χ3n) is 4.37. The van der Waals surface area contributed by atoms with E-state index in [-0.39, 0.29) is 5.91 Å². The van der Waals surface area contributed by atoms with Gasteiger partial charge >= 0.3 is 0 Å². The molecule has 0 spiro atoms. The number of carbonyl (C=O) groups is 1. The van der Waals surface area contributed by atoms with Gasteiger partial charge in [-0.05, 0) is 50.6 Å². The molecule has 0 radical (unpaired) electrons. The molecule has 7 heteroatoms. The Morgan fingerprint density at radius 2 is 1.89 bits per heavy atom. The van der Waals surface area contributed by atoms with Crippen molar-refractivity contribution in [3.05, 3.63) is 75.0 Å². The van der Waals surface area contributed by atoms with Crippen LogP contribution in [0.25, 0.3) is 0 Å². The molecule has 0 aliphatic carbocycles. The van der Waals surface area contributed by atoms with Gasteiger partial charge in [0.1, 0.15) is 5.75 Å². The van der Waals surface area contributed by atoms with Crippen molar-refractivity contribution in [3.8, 4) is 5.75 Å². The van der Waals surface area contributed by atoms with Gasteiger partial charge in [-0.15, -0.1) is 0 Å². The molecule has 1 amide bonds. The number of aryl methyl sites for hydroxylation is 1. The second-order valence-corrected chi connectivity index (χ2v) is 7.15. The van der Waals surface area contributed by atoms with Crippen molar-refractivity contribution in [1.29, 1.82) is 0 Å². The Kier molecular flexibility index (Phi) is 6.27. The zero-order valence-corrected chi connectivity index (χ0v) is 17.4. The van der Waals surface area contributed by atoms with E-state index >= 15 is 0 Å². The van der Waals surface area contributed by atoms with E-state index < -0.39 is 0 Å². The summed E-state index contributed by atoms with van der Waals surface area (Å²) >= 11 is 12.1. The van der Waals surface area contributed by atoms with Crippen LogP contribution in [0.3, 0.4) is 0 Å². The molecule has 0 aliphatic heterocycles. The molecule has 2 aromatic carbocycles. The zero-order valence-electron chi connectivity index (χ0n) is 15.9. The maximum absolute atomic E-state index is 12.8. The fourth-order valence-electron chi connectivity index (χ4n) is 2.96. The van der Waals surface area contributed by atoms with E-state index in [1.54, 1.807) is 18.2 Å². The third-order valence-corrected chi connectivity index (χ3v) is 5.11. The van der Waals surface area contributed by atoms with Gasteiger partial charge in [0.15, 0.2) is 0 Å². The quantitative estimate of drug-likeness (QED) is 0.575. The first-order valence-electron chi connectivity index (χ1n) is 8.91. The maximum Gasteiger partial charge on any atom is 0.259 e. The molecule has 1 N–H and O–H groups in total. The van der Waals surface area contributed by atoms with Crippen LogP contribution in [0.4, 0.5) is 5.69 Å². The van der Waals surface area contributed by atoms with Gasteiger partial charge in [0.25, 0.3) is 5.91 Å². The van der Waals surface area contributed by atoms with Crippen LogP contribution in [0.5, 0.6) is 5.75 Å². The van der Waals surface area contributed by atoms with Crippen molar-refractivity contribution in [2.75, 3.05) is 11.9 Å². The summed E-state index contributed by atoms with van der Waals surface area (Å²) < 4.78 is 7.39. The molecule has 0 fully saturated rings. The number of rotatable bonds is 6. The van der Waals surface area contributed by atoms with E-state index in [1.807, 2.05) is 49.7 Å². The number of amides is 1. The Morgan fingerprint density at radius 3 is 2.61 bits per heavy atom. The van der Waals surface area contributed by atoms with Crippen molar-refractivity contribution in [3.63, 3.8) is 0 Å². The molecule has 146 valence electrons. The Labute approximate surface area is 174 Å². The van der Waals surface area contributed by atoms with Crippen LogP contribution < -0.4 is 10.1 Å². The highest BCUT2D eigenvalue weighted by Crippen LogP contribution is 2.26. The lowest BCUT2D eigenvalue weighted by atomic mass is 10.1. The van der Waals surface area contributed by atoms with Gasteiger partial charge in [-0.1, -0.05) is 41.4 Å². The molecular weight excluding hydrogens is 397 g/mol. The number of para-hydroxylation sites is 1. The number of anilines is 1. The molecular formula is C21H21Cl2N3O2. The lowest BCUT2D eigenvalue weighted by molar-refractivity contribution is 0.102. The second kappa shape index (κ2) is 8.67. The molecule has 0 saturated heterocycles. The Balaban J connectivity index is 1.84. The van der Waals surface area contributed by atoms with E-state index in [1.165, 1.54) is 0 Å². The van der Waals surface area contributed by atoms with Gasteiger partial charge in [0.2, 0.25) is 0 Å². The smallest absolute Gasteiger partial charge is 0.259 e. The topological polar surface area (TPSA) is 56.1 Å². The van der Waals surface area contributed by atoms with Crippen LogP contribution in [0.2, 0.25) is 10.0 Å². The van der Waals surface area contributed by atoms with E-state index in [9.17, 15) is 4.79 Å². The summed E-state index contributed by atoms with van der Waals surface area (Å²) in [5.74, 6) is 0.324. The predicted octanol–water partition coefficient (Wildman–Crippen LogP) is 5.51. The average Bonchev–Trinajstić information content (AvgIpc) is 2.93. The standard InChI is InChI=1S/C21H21Cl2N3O2/c1-4-28-19-8-6-5-7-16(19)21(27)24-20-13(2)25-26(14(20)3)12-15-9-10-17(22)18(23)11-15/h5-11H,4,12H2,1-3H3,(H,24,27). The first kappa shape index (κ1) is 20.2. The van der Waals surface area contributed by atoms with Crippen molar-refractivity contribution >= 4 is 34.8 Å². The maximum atomic E-state index is 12.8. The van der Waals surface area contributed by atoms with Crippen LogP contribution in [0.15, 0.2) is 42.5 Å². The van der Waals surface area contributed by atoms with Crippen molar-refractivity contribution in [2.24, 2.45) is 0 Å². The Hall–Kier alpha value is -2.50. The van der Waals surface area contributed by atoms with Gasteiger partial charge in [0.05, 0.1) is 45.8 Å². The number of benzene rings is 2. The number of hydrogen-bond acceptors (Lipinski definition) is 3. The van der Waals surface area contributed by atoms with Crippen LogP contribution in [-0.4, -0.2) is 22.3 Å². The molecule has 5 nitrogen and oxygen atoms in total. The number of nitrogens with one attached hydrogen (secondary N) is 1. The van der Waals surface area contributed by atoms with Crippen LogP contribution in [-0.2, 0) is 6.54 Å². The van der Waals surface area contributed by atoms with Gasteiger partial charge in [0, 0.05) is 0 Å². The van der Waals surface area contributed by atoms with Crippen LogP contribution in [0.1, 0.15) is 34.2 Å². The number of aromatic nitrogens is 2. The highest BCUT2D eigenvalue weighted by atomic mass is 35.5. The number of hydrogen-bond donors (Lipinski definition) is 1. The predicted molar refractivity (Wildman–Crippen MR) is 113 cm³/mol. The molecule has 1 heterocycles. The molecule has 0 bridgehead atoms. The van der Waals surface area contributed by atoms with E-state index in [0.717, 1.165) is 17.0 Å². The summed E-state index contributed by atoms with van der Waals surface area (Å²) in [6.07, 6.45) is 0. The highest BCUT2D eigenvalue weighted by molar-refractivity contribution is 6.42. The molecule has 0 unspecified atom stereocenters. The highest BCUT2D eigenvalue weighted by Gasteiger charge is 2.18. The summed E-state index contributed by atoms with van der Waals surface area (Å²) in [4.78, 5) is 12.8. The van der Waals surface area contributed by atoms with E-state index in [4.69, 9.17) is 27.9 Å². The molecule has 1 aromatic heterocycles. The van der Waals surface area contributed by atoms with Crippen LogP contribution >= 0.6 is 23.2 Å². The van der Waals surface area contributed by atoms with Gasteiger partial charge < -0.3 is 10.1 Å². The minimum absolute atomic E-state index is 0.232. The monoisotopic (exact) mass is 417 g/mol. The minimum Gasteiger partial charge on any atom is -0.493 e.